The maximum absolute atomic E-state index is 5.33. The highest BCUT2D eigenvalue weighted by molar-refractivity contribution is 9.28. The van der Waals surface area contributed by atoms with Gasteiger partial charge >= 0.3 is 0 Å². The number of hydrogen-bond donors (Lipinski definition) is 0. The van der Waals surface area contributed by atoms with Gasteiger partial charge in [0.05, 0.1) is 9.50 Å². The molecule has 0 aromatic rings. The molecule has 1 aliphatic heterocycles. The summed E-state index contributed by atoms with van der Waals surface area (Å²) in [5.41, 5.74) is 0. The van der Waals surface area contributed by atoms with E-state index in [-0.39, 0.29) is 0 Å². The van der Waals surface area contributed by atoms with Crippen molar-refractivity contribution in [1.29, 1.82) is 0 Å². The van der Waals surface area contributed by atoms with Crippen LogP contribution in [0.3, 0.4) is 0 Å². The molecular weight excluding hydrogens is 260 g/mol. The standard InChI is InChI=1S/C7H10Br2O/c1-2-3-5-6(10-5)4-7(8)9/h4-6H,2-3H2,1H3/t5-,6+/m1/s1. The second-order valence-electron chi connectivity index (χ2n) is 2.38. The first-order chi connectivity index (χ1) is 4.74. The fraction of sp³-hybridized carbons (Fsp3) is 0.714. The Balaban J connectivity index is 2.19. The van der Waals surface area contributed by atoms with Gasteiger partial charge in [-0.25, -0.2) is 0 Å². The van der Waals surface area contributed by atoms with Gasteiger partial charge in [0.25, 0.3) is 0 Å². The predicted octanol–water partition coefficient (Wildman–Crippen LogP) is 3.19. The summed E-state index contributed by atoms with van der Waals surface area (Å²) in [6, 6.07) is 0. The third kappa shape index (κ3) is 2.72. The van der Waals surface area contributed by atoms with E-state index in [1.165, 1.54) is 12.8 Å². The first kappa shape index (κ1) is 8.75. The summed E-state index contributed by atoms with van der Waals surface area (Å²) in [6.07, 6.45) is 5.26. The van der Waals surface area contributed by atoms with Crippen LogP contribution in [0.2, 0.25) is 0 Å². The maximum Gasteiger partial charge on any atom is 0.104 e. The van der Waals surface area contributed by atoms with E-state index in [4.69, 9.17) is 4.74 Å². The zero-order chi connectivity index (χ0) is 7.56. The fourth-order valence-electron chi connectivity index (χ4n) is 0.944. The number of epoxide rings is 1. The van der Waals surface area contributed by atoms with Crippen LogP contribution >= 0.6 is 31.9 Å². The van der Waals surface area contributed by atoms with Crippen LogP contribution in [0.1, 0.15) is 19.8 Å². The minimum Gasteiger partial charge on any atom is -0.365 e. The first-order valence-corrected chi connectivity index (χ1v) is 5.01. The van der Waals surface area contributed by atoms with Gasteiger partial charge in [-0.2, -0.15) is 0 Å². The Morgan fingerprint density at radius 3 is 2.80 bits per heavy atom. The predicted molar refractivity (Wildman–Crippen MR) is 49.5 cm³/mol. The minimum absolute atomic E-state index is 0.355. The second-order valence-corrected chi connectivity index (χ2v) is 5.16. The van der Waals surface area contributed by atoms with Crippen LogP contribution in [0.15, 0.2) is 9.47 Å². The molecule has 0 amide bonds. The smallest absolute Gasteiger partial charge is 0.104 e. The van der Waals surface area contributed by atoms with Gasteiger partial charge in [0, 0.05) is 0 Å². The minimum atomic E-state index is 0.355. The summed E-state index contributed by atoms with van der Waals surface area (Å²) in [5, 5.41) is 0. The van der Waals surface area contributed by atoms with Crippen LogP contribution in [0, 0.1) is 0 Å². The van der Waals surface area contributed by atoms with Gasteiger partial charge in [-0.3, -0.25) is 0 Å². The highest BCUT2D eigenvalue weighted by atomic mass is 79.9. The monoisotopic (exact) mass is 268 g/mol. The zero-order valence-electron chi connectivity index (χ0n) is 5.81. The van der Waals surface area contributed by atoms with Gasteiger partial charge in [-0.15, -0.1) is 0 Å². The largest absolute Gasteiger partial charge is 0.365 e. The van der Waals surface area contributed by atoms with Crippen molar-refractivity contribution < 1.29 is 4.74 Å². The molecule has 0 radical (unpaired) electrons. The maximum atomic E-state index is 5.33. The van der Waals surface area contributed by atoms with Gasteiger partial charge < -0.3 is 4.74 Å². The summed E-state index contributed by atoms with van der Waals surface area (Å²) in [6.45, 7) is 2.17. The Morgan fingerprint density at radius 2 is 2.30 bits per heavy atom. The van der Waals surface area contributed by atoms with Gasteiger partial charge in [-0.1, -0.05) is 13.3 Å². The number of hydrogen-bond acceptors (Lipinski definition) is 1. The molecule has 1 rings (SSSR count). The van der Waals surface area contributed by atoms with E-state index in [9.17, 15) is 0 Å². The summed E-state index contributed by atoms with van der Waals surface area (Å²) in [7, 11) is 0. The molecule has 0 aromatic heterocycles. The molecule has 1 aliphatic rings. The SMILES string of the molecule is CCC[C@H]1O[C@H]1C=C(Br)Br. The molecule has 1 heterocycles. The molecule has 10 heavy (non-hydrogen) atoms. The van der Waals surface area contributed by atoms with Crippen LogP contribution in [-0.4, -0.2) is 12.2 Å². The molecule has 0 saturated carbocycles. The number of rotatable bonds is 3. The van der Waals surface area contributed by atoms with E-state index < -0.39 is 0 Å². The van der Waals surface area contributed by atoms with E-state index in [2.05, 4.69) is 38.8 Å². The van der Waals surface area contributed by atoms with Crippen molar-refractivity contribution >= 4 is 31.9 Å². The Labute approximate surface area is 78.1 Å². The fourth-order valence-corrected chi connectivity index (χ4v) is 1.47. The van der Waals surface area contributed by atoms with Crippen molar-refractivity contribution in [2.24, 2.45) is 0 Å². The van der Waals surface area contributed by atoms with Crippen LogP contribution in [0.5, 0.6) is 0 Å². The molecule has 0 aliphatic carbocycles. The third-order valence-corrected chi connectivity index (χ3v) is 2.01. The molecular formula is C7H10Br2O. The highest BCUT2D eigenvalue weighted by Crippen LogP contribution is 2.30. The lowest BCUT2D eigenvalue weighted by molar-refractivity contribution is 0.378. The molecule has 0 aromatic carbocycles. The van der Waals surface area contributed by atoms with E-state index in [1.807, 2.05) is 6.08 Å². The quantitative estimate of drug-likeness (QED) is 0.717. The van der Waals surface area contributed by atoms with Gasteiger partial charge in [0.15, 0.2) is 0 Å². The summed E-state index contributed by atoms with van der Waals surface area (Å²) >= 11 is 6.58. The second kappa shape index (κ2) is 3.88. The van der Waals surface area contributed by atoms with Crippen molar-refractivity contribution in [2.45, 2.75) is 32.0 Å². The Morgan fingerprint density at radius 1 is 1.60 bits per heavy atom. The van der Waals surface area contributed by atoms with E-state index >= 15 is 0 Å². The molecule has 1 saturated heterocycles. The first-order valence-electron chi connectivity index (χ1n) is 3.42. The number of ether oxygens (including phenoxy) is 1. The molecule has 1 nitrogen and oxygen atoms in total. The van der Waals surface area contributed by atoms with E-state index in [0.29, 0.717) is 12.2 Å². The van der Waals surface area contributed by atoms with Crippen LogP contribution in [0.25, 0.3) is 0 Å². The molecule has 1 fully saturated rings. The van der Waals surface area contributed by atoms with Crippen LogP contribution in [-0.2, 0) is 4.74 Å². The topological polar surface area (TPSA) is 12.5 Å². The third-order valence-electron chi connectivity index (χ3n) is 1.49. The Kier molecular flexibility index (Phi) is 3.40. The van der Waals surface area contributed by atoms with Crippen molar-refractivity contribution in [3.63, 3.8) is 0 Å². The average molecular weight is 270 g/mol. The van der Waals surface area contributed by atoms with Crippen LogP contribution in [0.4, 0.5) is 0 Å². The van der Waals surface area contributed by atoms with E-state index in [1.54, 1.807) is 0 Å². The van der Waals surface area contributed by atoms with Gasteiger partial charge in [0.2, 0.25) is 0 Å². The lowest BCUT2D eigenvalue weighted by atomic mass is 10.2. The molecule has 0 unspecified atom stereocenters. The summed E-state index contributed by atoms with van der Waals surface area (Å²) in [5.74, 6) is 0. The molecule has 0 spiro atoms. The molecule has 0 N–H and O–H groups in total. The Hall–Kier alpha value is 0.660. The van der Waals surface area contributed by atoms with Crippen molar-refractivity contribution in [3.05, 3.63) is 9.47 Å². The summed E-state index contributed by atoms with van der Waals surface area (Å²) in [4.78, 5) is 0. The summed E-state index contributed by atoms with van der Waals surface area (Å²) < 4.78 is 6.32. The number of halogens is 2. The van der Waals surface area contributed by atoms with Gasteiger partial charge in [0.1, 0.15) is 6.10 Å². The van der Waals surface area contributed by atoms with Crippen LogP contribution < -0.4 is 0 Å². The molecule has 58 valence electrons. The highest BCUT2D eigenvalue weighted by Gasteiger charge is 2.35. The van der Waals surface area contributed by atoms with Gasteiger partial charge in [-0.05, 0) is 44.4 Å². The van der Waals surface area contributed by atoms with Crippen molar-refractivity contribution in [2.75, 3.05) is 0 Å². The van der Waals surface area contributed by atoms with Crippen molar-refractivity contribution in [1.82, 2.24) is 0 Å². The molecule has 3 heteroatoms. The normalized spacial score (nSPS) is 29.9. The lowest BCUT2D eigenvalue weighted by Crippen LogP contribution is -1.88. The molecule has 2 atom stereocenters. The lowest BCUT2D eigenvalue weighted by Gasteiger charge is -1.84. The Bertz CT molecular complexity index is 141. The van der Waals surface area contributed by atoms with Crippen molar-refractivity contribution in [3.8, 4) is 0 Å². The van der Waals surface area contributed by atoms with E-state index in [0.717, 1.165) is 3.39 Å². The molecule has 0 bridgehead atoms. The average Bonchev–Trinajstić information content (AvgIpc) is 2.47. The zero-order valence-corrected chi connectivity index (χ0v) is 8.98.